The number of ether oxygens (including phenoxy) is 1. The maximum Gasteiger partial charge on any atom is 0.323 e. The third-order valence-electron chi connectivity index (χ3n) is 9.83. The number of ketones is 2. The summed E-state index contributed by atoms with van der Waals surface area (Å²) < 4.78 is 5.06. The molecule has 5 N–H and O–H groups in total. The van der Waals surface area contributed by atoms with Crippen LogP contribution in [-0.2, 0) is 23.9 Å². The van der Waals surface area contributed by atoms with Crippen molar-refractivity contribution in [2.45, 2.75) is 89.4 Å². The van der Waals surface area contributed by atoms with Crippen molar-refractivity contribution >= 4 is 23.5 Å². The van der Waals surface area contributed by atoms with Crippen molar-refractivity contribution in [3.8, 4) is 0 Å². The minimum Gasteiger partial charge on any atom is -0.481 e. The molecular weight excluding hydrogens is 454 g/mol. The van der Waals surface area contributed by atoms with Crippen LogP contribution in [0.1, 0.15) is 71.6 Å². The Morgan fingerprint density at radius 3 is 2.60 bits per heavy atom. The molecule has 0 bridgehead atoms. The molecule has 0 spiro atoms. The maximum atomic E-state index is 13.2. The molecule has 3 saturated carbocycles. The van der Waals surface area contributed by atoms with Crippen molar-refractivity contribution in [2.24, 2.45) is 34.3 Å². The van der Waals surface area contributed by atoms with Gasteiger partial charge in [0.2, 0.25) is 5.78 Å². The highest BCUT2D eigenvalue weighted by molar-refractivity contribution is 5.92. The number of carboxylic acid groups (broad SMARTS) is 1. The van der Waals surface area contributed by atoms with Crippen molar-refractivity contribution in [3.05, 3.63) is 11.6 Å². The van der Waals surface area contributed by atoms with Gasteiger partial charge in [0, 0.05) is 18.3 Å². The summed E-state index contributed by atoms with van der Waals surface area (Å²) in [7, 11) is 0. The van der Waals surface area contributed by atoms with Gasteiger partial charge in [-0.25, -0.2) is 0 Å². The van der Waals surface area contributed by atoms with E-state index in [0.29, 0.717) is 19.3 Å². The summed E-state index contributed by atoms with van der Waals surface area (Å²) in [5.41, 5.74) is 3.91. The minimum atomic E-state index is -1.74. The van der Waals surface area contributed by atoms with Crippen molar-refractivity contribution in [1.82, 2.24) is 0 Å². The van der Waals surface area contributed by atoms with Crippen molar-refractivity contribution < 1.29 is 39.2 Å². The molecule has 0 aromatic carbocycles. The average Bonchev–Trinajstić information content (AvgIpc) is 3.06. The van der Waals surface area contributed by atoms with E-state index in [9.17, 15) is 29.4 Å². The number of hydrogen-bond donors (Lipinski definition) is 4. The average molecular weight is 492 g/mol. The van der Waals surface area contributed by atoms with Crippen LogP contribution in [-0.4, -0.2) is 63.2 Å². The Balaban J connectivity index is 1.49. The molecule has 35 heavy (non-hydrogen) atoms. The van der Waals surface area contributed by atoms with E-state index >= 15 is 0 Å². The normalized spacial score (nSPS) is 41.2. The smallest absolute Gasteiger partial charge is 0.323 e. The number of fused-ring (bicyclic) bond motifs is 5. The van der Waals surface area contributed by atoms with Gasteiger partial charge in [-0.2, -0.15) is 0 Å². The number of carbonyl (C=O) groups is 4. The first-order valence-electron chi connectivity index (χ1n) is 12.6. The van der Waals surface area contributed by atoms with Crippen LogP contribution in [0, 0.1) is 28.6 Å². The lowest BCUT2D eigenvalue weighted by Gasteiger charge is -2.60. The number of aliphatic hydroxyl groups excluding tert-OH is 1. The molecule has 0 unspecified atom stereocenters. The van der Waals surface area contributed by atoms with Crippen LogP contribution in [0.5, 0.6) is 0 Å². The van der Waals surface area contributed by atoms with Crippen molar-refractivity contribution in [2.75, 3.05) is 6.61 Å². The molecule has 0 aliphatic heterocycles. The molecule has 3 fully saturated rings. The van der Waals surface area contributed by atoms with E-state index in [4.69, 9.17) is 15.6 Å². The molecule has 4 aliphatic rings. The number of hydrogen-bond acceptors (Lipinski definition) is 8. The van der Waals surface area contributed by atoms with Crippen LogP contribution >= 0.6 is 0 Å². The molecule has 4 rings (SSSR count). The SMILES string of the molecule is C[C@]12CCC(=O)C=C1CC[C@@H]1[C@@H]2[C@H](O)C[C@]2(C)[C@H]1CC[C@]2(O)C(=O)COC(=O)[C@H](N)CCC(=O)O. The molecule has 0 radical (unpaired) electrons. The van der Waals surface area contributed by atoms with Gasteiger partial charge in [-0.1, -0.05) is 19.4 Å². The number of esters is 1. The zero-order valence-corrected chi connectivity index (χ0v) is 20.5. The lowest BCUT2D eigenvalue weighted by Crippen LogP contribution is -2.62. The number of carboxylic acids is 1. The van der Waals surface area contributed by atoms with E-state index in [-0.39, 0.29) is 54.6 Å². The van der Waals surface area contributed by atoms with Gasteiger partial charge < -0.3 is 25.8 Å². The quantitative estimate of drug-likeness (QED) is 0.386. The summed E-state index contributed by atoms with van der Waals surface area (Å²) in [6.07, 6.45) is 4.51. The Morgan fingerprint density at radius 1 is 1.20 bits per heavy atom. The predicted octanol–water partition coefficient (Wildman–Crippen LogP) is 1.52. The number of rotatable bonds is 7. The minimum absolute atomic E-state index is 0.0226. The number of carbonyl (C=O) groups excluding carboxylic acids is 3. The topological polar surface area (TPSA) is 164 Å². The summed E-state index contributed by atoms with van der Waals surface area (Å²) in [5.74, 6) is -2.32. The van der Waals surface area contributed by atoms with Crippen LogP contribution in [0.15, 0.2) is 11.6 Å². The fraction of sp³-hybridized carbons (Fsp3) is 0.769. The number of nitrogens with two attached hydrogens (primary N) is 1. The molecule has 0 aromatic rings. The third-order valence-corrected chi connectivity index (χ3v) is 9.83. The van der Waals surface area contributed by atoms with Gasteiger partial charge in [0.1, 0.15) is 11.6 Å². The van der Waals surface area contributed by atoms with Crippen LogP contribution in [0.25, 0.3) is 0 Å². The van der Waals surface area contributed by atoms with E-state index in [2.05, 4.69) is 6.92 Å². The third kappa shape index (κ3) is 4.15. The number of aliphatic hydroxyl groups is 2. The van der Waals surface area contributed by atoms with Crippen molar-refractivity contribution in [1.29, 1.82) is 0 Å². The largest absolute Gasteiger partial charge is 0.481 e. The van der Waals surface area contributed by atoms with E-state index in [1.165, 1.54) is 0 Å². The first-order chi connectivity index (χ1) is 16.3. The maximum absolute atomic E-state index is 13.2. The monoisotopic (exact) mass is 491 g/mol. The van der Waals surface area contributed by atoms with E-state index < -0.39 is 47.5 Å². The summed E-state index contributed by atoms with van der Waals surface area (Å²) in [5, 5.41) is 31.8. The van der Waals surface area contributed by atoms with Crippen LogP contribution in [0.3, 0.4) is 0 Å². The van der Waals surface area contributed by atoms with Gasteiger partial charge in [-0.05, 0) is 74.2 Å². The molecule has 0 amide bonds. The van der Waals surface area contributed by atoms with Gasteiger partial charge in [0.05, 0.1) is 6.10 Å². The highest BCUT2D eigenvalue weighted by atomic mass is 16.5. The first-order valence-corrected chi connectivity index (χ1v) is 12.6. The first kappa shape index (κ1) is 26.0. The highest BCUT2D eigenvalue weighted by Gasteiger charge is 2.68. The Labute approximate surface area is 205 Å². The molecule has 4 aliphatic carbocycles. The van der Waals surface area contributed by atoms with Crippen LogP contribution in [0.4, 0.5) is 0 Å². The second-order valence-corrected chi connectivity index (χ2v) is 11.5. The van der Waals surface area contributed by atoms with Crippen molar-refractivity contribution in [3.63, 3.8) is 0 Å². The van der Waals surface area contributed by atoms with Crippen LogP contribution in [0.2, 0.25) is 0 Å². The fourth-order valence-corrected chi connectivity index (χ4v) is 7.91. The molecule has 8 atom stereocenters. The zero-order valence-electron chi connectivity index (χ0n) is 20.5. The Morgan fingerprint density at radius 2 is 1.91 bits per heavy atom. The lowest BCUT2D eigenvalue weighted by atomic mass is 9.45. The molecule has 0 heterocycles. The van der Waals surface area contributed by atoms with Gasteiger partial charge in [-0.15, -0.1) is 0 Å². The second kappa shape index (κ2) is 9.09. The lowest BCUT2D eigenvalue weighted by molar-refractivity contribution is -0.184. The Kier molecular flexibility index (Phi) is 6.74. The molecule has 0 aromatic heterocycles. The summed E-state index contributed by atoms with van der Waals surface area (Å²) in [6.45, 7) is 3.36. The molecule has 9 heteroatoms. The standard InChI is InChI=1S/C26H37NO8/c1-24-9-7-15(28)11-14(24)3-4-16-17-8-10-26(34,25(17,2)12-19(29)22(16)24)20(30)13-35-23(33)18(27)5-6-21(31)32/h11,16-19,22,29,34H,3-10,12-13,27H2,1-2H3,(H,31,32)/t16-,17-,18+,19+,22+,24-,25+,26-/m0/s1. The van der Waals surface area contributed by atoms with Gasteiger partial charge in [0.25, 0.3) is 0 Å². The zero-order chi connectivity index (χ0) is 25.8. The van der Waals surface area contributed by atoms with E-state index in [0.717, 1.165) is 18.4 Å². The highest BCUT2D eigenvalue weighted by Crippen LogP contribution is 2.67. The second-order valence-electron chi connectivity index (χ2n) is 11.5. The Bertz CT molecular complexity index is 961. The van der Waals surface area contributed by atoms with Gasteiger partial charge in [-0.3, -0.25) is 19.2 Å². The summed E-state index contributed by atoms with van der Waals surface area (Å²) in [6, 6.07) is -1.16. The molecular formula is C26H37NO8. The number of Topliss-reactive ketones (excluding diaryl/α,β-unsaturated/α-hetero) is 1. The molecule has 0 saturated heterocycles. The van der Waals surface area contributed by atoms with E-state index in [1.54, 1.807) is 6.08 Å². The van der Waals surface area contributed by atoms with Crippen LogP contribution < -0.4 is 5.73 Å². The number of aliphatic carboxylic acids is 1. The molecule has 9 nitrogen and oxygen atoms in total. The summed E-state index contributed by atoms with van der Waals surface area (Å²) in [4.78, 5) is 48.1. The predicted molar refractivity (Wildman–Crippen MR) is 124 cm³/mol. The molecule has 194 valence electrons. The fourth-order valence-electron chi connectivity index (χ4n) is 7.91. The van der Waals surface area contributed by atoms with Gasteiger partial charge in [0.15, 0.2) is 12.4 Å². The van der Waals surface area contributed by atoms with E-state index in [1.807, 2.05) is 6.92 Å². The Hall–Kier alpha value is -2.10. The van der Waals surface area contributed by atoms with Gasteiger partial charge >= 0.3 is 11.9 Å². The summed E-state index contributed by atoms with van der Waals surface area (Å²) >= 11 is 0. The number of allylic oxidation sites excluding steroid dienone is 1.